The van der Waals surface area contributed by atoms with Crippen molar-refractivity contribution in [2.45, 2.75) is 116 Å². The molecule has 0 saturated carbocycles. The van der Waals surface area contributed by atoms with Gasteiger partial charge < -0.3 is 35.6 Å². The van der Waals surface area contributed by atoms with Gasteiger partial charge in [-0.3, -0.25) is 24.0 Å². The van der Waals surface area contributed by atoms with Crippen molar-refractivity contribution in [3.05, 3.63) is 46.8 Å². The third kappa shape index (κ3) is 9.26. The molecule has 3 aliphatic rings. The standard InChI is InChI=1S/C36H47F6N9O5/c1-18(2)29(43)33(55)49-9-5-8-26(49)32(54)45-30(19(3)4)34(56)50-10-6-7-25(50)31(53)44-21(13-20-14-23(38)24(39)16-22(20)37)15-28(52)48-11-12-51-27(17-48)46-47-35(51)36(40,41)42/h14,16,18-19,21,25-26,29-30H,5-13,15,17,43H2,1-4H3,(H,44,53)(H,45,54). The van der Waals surface area contributed by atoms with Crippen molar-refractivity contribution in [3.63, 3.8) is 0 Å². The van der Waals surface area contributed by atoms with Gasteiger partial charge >= 0.3 is 6.18 Å². The van der Waals surface area contributed by atoms with Crippen molar-refractivity contribution in [3.8, 4) is 0 Å². The third-order valence-corrected chi connectivity index (χ3v) is 10.6. The fraction of sp³-hybridized carbons (Fsp3) is 0.639. The number of nitrogens with zero attached hydrogens (tertiary/aromatic N) is 6. The lowest BCUT2D eigenvalue weighted by Crippen LogP contribution is -2.59. The number of benzene rings is 1. The summed E-state index contributed by atoms with van der Waals surface area (Å²) in [6, 6.07) is -4.11. The van der Waals surface area contributed by atoms with Gasteiger partial charge in [-0.2, -0.15) is 13.2 Å². The number of nitrogens with one attached hydrogen (secondary N) is 2. The summed E-state index contributed by atoms with van der Waals surface area (Å²) in [4.78, 5) is 72.1. The molecule has 1 aromatic carbocycles. The van der Waals surface area contributed by atoms with E-state index in [-0.39, 0.29) is 55.8 Å². The molecule has 5 amide bonds. The summed E-state index contributed by atoms with van der Waals surface area (Å²) in [5.41, 5.74) is 5.73. The molecule has 0 radical (unpaired) electrons. The second-order valence-corrected chi connectivity index (χ2v) is 15.3. The van der Waals surface area contributed by atoms with Crippen LogP contribution in [-0.2, 0) is 49.7 Å². The Morgan fingerprint density at radius 3 is 1.98 bits per heavy atom. The van der Waals surface area contributed by atoms with Gasteiger partial charge in [0.1, 0.15) is 23.9 Å². The van der Waals surface area contributed by atoms with E-state index in [1.54, 1.807) is 27.7 Å². The molecule has 5 atom stereocenters. The summed E-state index contributed by atoms with van der Waals surface area (Å²) >= 11 is 0. The molecular weight excluding hydrogens is 752 g/mol. The number of carbonyl (C=O) groups excluding carboxylic acids is 5. The lowest BCUT2D eigenvalue weighted by molar-refractivity contribution is -0.148. The summed E-state index contributed by atoms with van der Waals surface area (Å²) in [5.74, 6) is -8.72. The average Bonchev–Trinajstić information content (AvgIpc) is 3.91. The Bertz CT molecular complexity index is 1820. The van der Waals surface area contributed by atoms with E-state index in [1.165, 1.54) is 14.7 Å². The minimum absolute atomic E-state index is 0.123. The number of rotatable bonds is 12. The summed E-state index contributed by atoms with van der Waals surface area (Å²) in [7, 11) is 0. The molecule has 0 bridgehead atoms. The van der Waals surface area contributed by atoms with Crippen LogP contribution in [0.4, 0.5) is 26.3 Å². The highest BCUT2D eigenvalue weighted by atomic mass is 19.4. The van der Waals surface area contributed by atoms with Crippen LogP contribution in [0.3, 0.4) is 0 Å². The predicted octanol–water partition coefficient (Wildman–Crippen LogP) is 2.28. The van der Waals surface area contributed by atoms with E-state index < -0.39 is 102 Å². The van der Waals surface area contributed by atoms with Gasteiger partial charge in [0.2, 0.25) is 35.4 Å². The molecule has 0 aliphatic carbocycles. The minimum Gasteiger partial charge on any atom is -0.351 e. The van der Waals surface area contributed by atoms with Gasteiger partial charge in [0, 0.05) is 44.7 Å². The van der Waals surface area contributed by atoms with Crippen molar-refractivity contribution in [2.75, 3.05) is 19.6 Å². The molecule has 2 aromatic rings. The van der Waals surface area contributed by atoms with E-state index in [1.807, 2.05) is 0 Å². The van der Waals surface area contributed by atoms with E-state index in [4.69, 9.17) is 5.73 Å². The Morgan fingerprint density at radius 1 is 0.804 bits per heavy atom. The lowest BCUT2D eigenvalue weighted by atomic mass is 9.99. The number of carbonyl (C=O) groups is 5. The molecule has 5 rings (SSSR count). The summed E-state index contributed by atoms with van der Waals surface area (Å²) < 4.78 is 83.7. The Kier molecular flexibility index (Phi) is 13.0. The molecule has 308 valence electrons. The fourth-order valence-corrected chi connectivity index (χ4v) is 7.40. The quantitative estimate of drug-likeness (QED) is 0.217. The van der Waals surface area contributed by atoms with Crippen LogP contribution in [0.5, 0.6) is 0 Å². The van der Waals surface area contributed by atoms with E-state index in [9.17, 15) is 50.3 Å². The zero-order valence-electron chi connectivity index (χ0n) is 31.5. The zero-order chi connectivity index (χ0) is 41.2. The van der Waals surface area contributed by atoms with E-state index in [2.05, 4.69) is 20.8 Å². The summed E-state index contributed by atoms with van der Waals surface area (Å²) in [6.07, 6.45) is -4.23. The maximum atomic E-state index is 14.8. The Morgan fingerprint density at radius 2 is 1.39 bits per heavy atom. The van der Waals surface area contributed by atoms with Crippen LogP contribution in [0.2, 0.25) is 0 Å². The second-order valence-electron chi connectivity index (χ2n) is 15.3. The van der Waals surface area contributed by atoms with Gasteiger partial charge in [0.05, 0.1) is 12.6 Å². The Balaban J connectivity index is 1.31. The number of hydrogen-bond acceptors (Lipinski definition) is 8. The van der Waals surface area contributed by atoms with Crippen molar-refractivity contribution in [1.29, 1.82) is 0 Å². The third-order valence-electron chi connectivity index (χ3n) is 10.6. The van der Waals surface area contributed by atoms with Crippen molar-refractivity contribution >= 4 is 29.5 Å². The second kappa shape index (κ2) is 17.2. The van der Waals surface area contributed by atoms with Crippen LogP contribution in [0, 0.1) is 29.3 Å². The SMILES string of the molecule is CC(C)C(N)C(=O)N1CCCC1C(=O)NC(C(=O)N1CCCC1C(=O)NC(CC(=O)N1CCn2c(nnc2C(F)(F)F)C1)Cc1cc(F)c(F)cc1F)C(C)C. The highest BCUT2D eigenvalue weighted by Crippen LogP contribution is 2.30. The van der Waals surface area contributed by atoms with Crippen LogP contribution < -0.4 is 16.4 Å². The van der Waals surface area contributed by atoms with Gasteiger partial charge in [-0.05, 0) is 55.6 Å². The molecule has 2 saturated heterocycles. The molecule has 4 N–H and O–H groups in total. The van der Waals surface area contributed by atoms with Gasteiger partial charge in [0.25, 0.3) is 0 Å². The number of amides is 5. The monoisotopic (exact) mass is 799 g/mol. The minimum atomic E-state index is -4.77. The average molecular weight is 800 g/mol. The van der Waals surface area contributed by atoms with Gasteiger partial charge in [0.15, 0.2) is 17.5 Å². The Labute approximate surface area is 319 Å². The van der Waals surface area contributed by atoms with Gasteiger partial charge in [-0.15, -0.1) is 10.2 Å². The van der Waals surface area contributed by atoms with Crippen LogP contribution in [0.1, 0.15) is 77.0 Å². The van der Waals surface area contributed by atoms with E-state index in [0.717, 1.165) is 4.57 Å². The molecule has 3 aliphatic heterocycles. The number of halogens is 6. The number of alkyl halides is 3. The first-order chi connectivity index (χ1) is 26.3. The van der Waals surface area contributed by atoms with Crippen molar-refractivity contribution < 1.29 is 50.3 Å². The highest BCUT2D eigenvalue weighted by molar-refractivity contribution is 5.95. The predicted molar refractivity (Wildman–Crippen MR) is 186 cm³/mol. The number of fused-ring (bicyclic) bond motifs is 1. The molecule has 4 heterocycles. The topological polar surface area (TPSA) is 176 Å². The maximum Gasteiger partial charge on any atom is 0.451 e. The number of hydrogen-bond donors (Lipinski definition) is 3. The highest BCUT2D eigenvalue weighted by Gasteiger charge is 2.43. The molecule has 5 unspecified atom stereocenters. The summed E-state index contributed by atoms with van der Waals surface area (Å²) in [6.45, 7) is 6.72. The molecule has 20 heteroatoms. The Hall–Kier alpha value is -4.75. The maximum absolute atomic E-state index is 14.8. The molecule has 1 aromatic heterocycles. The first-order valence-corrected chi connectivity index (χ1v) is 18.7. The smallest absolute Gasteiger partial charge is 0.351 e. The van der Waals surface area contributed by atoms with Crippen LogP contribution in [0.15, 0.2) is 12.1 Å². The van der Waals surface area contributed by atoms with E-state index in [0.29, 0.717) is 37.9 Å². The molecular formula is C36H47F6N9O5. The molecule has 2 fully saturated rings. The van der Waals surface area contributed by atoms with Crippen LogP contribution in [0.25, 0.3) is 0 Å². The molecule has 14 nitrogen and oxygen atoms in total. The van der Waals surface area contributed by atoms with E-state index >= 15 is 0 Å². The number of aromatic nitrogens is 3. The number of nitrogens with two attached hydrogens (primary N) is 1. The number of likely N-dealkylation sites (tertiary alicyclic amines) is 2. The summed E-state index contributed by atoms with van der Waals surface area (Å²) in [5, 5.41) is 12.2. The fourth-order valence-electron chi connectivity index (χ4n) is 7.40. The first-order valence-electron chi connectivity index (χ1n) is 18.7. The van der Waals surface area contributed by atoms with Crippen LogP contribution in [-0.4, -0.2) is 109 Å². The van der Waals surface area contributed by atoms with Crippen molar-refractivity contribution in [1.82, 2.24) is 40.1 Å². The zero-order valence-corrected chi connectivity index (χ0v) is 31.5. The molecule has 0 spiro atoms. The van der Waals surface area contributed by atoms with Crippen molar-refractivity contribution in [2.24, 2.45) is 17.6 Å². The van der Waals surface area contributed by atoms with Crippen LogP contribution >= 0.6 is 0 Å². The van der Waals surface area contributed by atoms with Gasteiger partial charge in [-0.25, -0.2) is 13.2 Å². The van der Waals surface area contributed by atoms with Gasteiger partial charge in [-0.1, -0.05) is 27.7 Å². The normalized spacial score (nSPS) is 20.3. The molecule has 56 heavy (non-hydrogen) atoms. The first kappa shape index (κ1) is 42.4. The lowest BCUT2D eigenvalue weighted by Gasteiger charge is -2.33. The largest absolute Gasteiger partial charge is 0.451 e.